The number of hydrogen-bond acceptors (Lipinski definition) is 5. The first-order chi connectivity index (χ1) is 19.1. The molecule has 0 atom stereocenters. The number of hydrogen-bond donors (Lipinski definition) is 3. The van der Waals surface area contributed by atoms with Crippen LogP contribution in [-0.4, -0.2) is 50.0 Å². The zero-order valence-electron chi connectivity index (χ0n) is 22.3. The Morgan fingerprint density at radius 2 is 1.80 bits per heavy atom. The maximum Gasteiger partial charge on any atom is 0.435 e. The number of nitrogens with zero attached hydrogens (tertiary/aromatic N) is 3. The van der Waals surface area contributed by atoms with E-state index in [2.05, 4.69) is 15.7 Å². The monoisotopic (exact) mass is 577 g/mol. The number of halogens is 4. The molecule has 0 spiro atoms. The van der Waals surface area contributed by atoms with Gasteiger partial charge in [-0.2, -0.15) is 18.3 Å². The molecule has 0 unspecified atom stereocenters. The number of rotatable bonds is 5. The molecule has 2 heterocycles. The van der Waals surface area contributed by atoms with Crippen LogP contribution in [0.15, 0.2) is 42.5 Å². The van der Waals surface area contributed by atoms with E-state index in [0.29, 0.717) is 22.8 Å². The lowest BCUT2D eigenvalue weighted by molar-refractivity contribution is -0.141. The highest BCUT2D eigenvalue weighted by Gasteiger charge is 2.36. The van der Waals surface area contributed by atoms with Gasteiger partial charge >= 0.3 is 18.4 Å². The first-order valence-electron chi connectivity index (χ1n) is 12.4. The number of ether oxygens (including phenoxy) is 1. The molecule has 1 aromatic heterocycles. The molecule has 10 nitrogen and oxygen atoms in total. The molecule has 4 rings (SSSR count). The van der Waals surface area contributed by atoms with Crippen LogP contribution in [0.5, 0.6) is 0 Å². The second-order valence-corrected chi connectivity index (χ2v) is 10.4. The summed E-state index contributed by atoms with van der Waals surface area (Å²) in [6, 6.07) is 8.95. The molecule has 0 saturated carbocycles. The molecule has 0 radical (unpaired) electrons. The van der Waals surface area contributed by atoms with Gasteiger partial charge in [0.1, 0.15) is 17.1 Å². The van der Waals surface area contributed by atoms with Gasteiger partial charge in [-0.1, -0.05) is 12.1 Å². The van der Waals surface area contributed by atoms with Crippen LogP contribution >= 0.6 is 0 Å². The standard InChI is InChI=1S/C27H27F4N5O5/c1-26(2,3)41-24(38)32-13-15-5-4-6-18(9-15)36-21(12-22(34-36)27(29,30)31)23(37)33-20-11-17-14-35(25(39)40)8-7-16(17)10-19(20)28/h4-6,9-12H,7-8,13-14H2,1-3H3,(H,32,38)(H,33,37)(H,39,40). The number of amides is 3. The number of anilines is 1. The molecule has 218 valence electrons. The van der Waals surface area contributed by atoms with Crippen molar-refractivity contribution in [3.05, 3.63) is 76.4 Å². The summed E-state index contributed by atoms with van der Waals surface area (Å²) < 4.78 is 61.5. The molecule has 0 aliphatic carbocycles. The lowest BCUT2D eigenvalue weighted by atomic mass is 9.99. The average Bonchev–Trinajstić information content (AvgIpc) is 3.33. The molecule has 2 aromatic carbocycles. The minimum Gasteiger partial charge on any atom is -0.465 e. The van der Waals surface area contributed by atoms with Crippen LogP contribution < -0.4 is 10.6 Å². The fourth-order valence-corrected chi connectivity index (χ4v) is 4.19. The maximum atomic E-state index is 14.8. The minimum absolute atomic E-state index is 0.0224. The SMILES string of the molecule is CC(C)(C)OC(=O)NCc1cccc(-n2nc(C(F)(F)F)cc2C(=O)Nc2cc3c(cc2F)CCN(C(=O)O)C3)c1. The molecule has 1 aliphatic heterocycles. The normalized spacial score (nSPS) is 13.4. The number of alkyl halides is 3. The van der Waals surface area contributed by atoms with Crippen LogP contribution in [0.25, 0.3) is 5.69 Å². The number of benzene rings is 2. The first-order valence-corrected chi connectivity index (χ1v) is 12.4. The Bertz CT molecular complexity index is 1500. The molecule has 0 fully saturated rings. The van der Waals surface area contributed by atoms with E-state index in [9.17, 15) is 37.1 Å². The molecule has 14 heteroatoms. The number of aromatic nitrogens is 2. The van der Waals surface area contributed by atoms with Gasteiger partial charge in [0.05, 0.1) is 11.4 Å². The van der Waals surface area contributed by atoms with Crippen molar-refractivity contribution in [1.29, 1.82) is 0 Å². The second kappa shape index (κ2) is 11.1. The number of carbonyl (C=O) groups is 3. The van der Waals surface area contributed by atoms with Gasteiger partial charge in [-0.3, -0.25) is 4.79 Å². The van der Waals surface area contributed by atoms with Gasteiger partial charge < -0.3 is 25.4 Å². The van der Waals surface area contributed by atoms with Crippen molar-refractivity contribution in [3.63, 3.8) is 0 Å². The molecule has 0 bridgehead atoms. The predicted octanol–water partition coefficient (Wildman–Crippen LogP) is 5.34. The van der Waals surface area contributed by atoms with E-state index in [1.165, 1.54) is 30.3 Å². The second-order valence-electron chi connectivity index (χ2n) is 10.4. The van der Waals surface area contributed by atoms with Gasteiger partial charge in [0.2, 0.25) is 0 Å². The summed E-state index contributed by atoms with van der Waals surface area (Å²) in [4.78, 5) is 37.7. The zero-order chi connectivity index (χ0) is 30.1. The summed E-state index contributed by atoms with van der Waals surface area (Å²) >= 11 is 0. The van der Waals surface area contributed by atoms with Crippen molar-refractivity contribution in [2.24, 2.45) is 0 Å². The Hall–Kier alpha value is -4.62. The van der Waals surface area contributed by atoms with Crippen LogP contribution in [0.2, 0.25) is 0 Å². The third-order valence-electron chi connectivity index (χ3n) is 6.04. The highest BCUT2D eigenvalue weighted by molar-refractivity contribution is 6.03. The van der Waals surface area contributed by atoms with E-state index < -0.39 is 47.1 Å². The fourth-order valence-electron chi connectivity index (χ4n) is 4.19. The molecular formula is C27H27F4N5O5. The third-order valence-corrected chi connectivity index (χ3v) is 6.04. The molecule has 3 aromatic rings. The Morgan fingerprint density at radius 3 is 2.46 bits per heavy atom. The summed E-state index contributed by atoms with van der Waals surface area (Å²) in [5, 5.41) is 17.7. The van der Waals surface area contributed by atoms with Crippen molar-refractivity contribution < 1.29 is 41.8 Å². The Labute approximate surface area is 231 Å². The molecular weight excluding hydrogens is 550 g/mol. The minimum atomic E-state index is -4.88. The maximum absolute atomic E-state index is 14.8. The molecule has 0 saturated heterocycles. The van der Waals surface area contributed by atoms with Crippen molar-refractivity contribution in [2.75, 3.05) is 11.9 Å². The first kappa shape index (κ1) is 29.4. The van der Waals surface area contributed by atoms with Crippen LogP contribution in [0, 0.1) is 5.82 Å². The van der Waals surface area contributed by atoms with Gasteiger partial charge in [0.15, 0.2) is 5.69 Å². The van der Waals surface area contributed by atoms with Gasteiger partial charge in [0, 0.05) is 25.7 Å². The summed E-state index contributed by atoms with van der Waals surface area (Å²) in [7, 11) is 0. The van der Waals surface area contributed by atoms with Crippen LogP contribution in [0.1, 0.15) is 53.6 Å². The zero-order valence-corrected chi connectivity index (χ0v) is 22.3. The third kappa shape index (κ3) is 7.13. The molecule has 3 amide bonds. The highest BCUT2D eigenvalue weighted by Crippen LogP contribution is 2.31. The fraction of sp³-hybridized carbons (Fsp3) is 0.333. The Balaban J connectivity index is 1.62. The smallest absolute Gasteiger partial charge is 0.435 e. The summed E-state index contributed by atoms with van der Waals surface area (Å²) in [6.07, 6.45) is -6.46. The van der Waals surface area contributed by atoms with E-state index in [-0.39, 0.29) is 37.4 Å². The lowest BCUT2D eigenvalue weighted by Crippen LogP contribution is -2.34. The topological polar surface area (TPSA) is 126 Å². The predicted molar refractivity (Wildman–Crippen MR) is 138 cm³/mol. The quantitative estimate of drug-likeness (QED) is 0.352. The molecule has 41 heavy (non-hydrogen) atoms. The van der Waals surface area contributed by atoms with Crippen molar-refractivity contribution in [2.45, 2.75) is 52.1 Å². The van der Waals surface area contributed by atoms with E-state index in [4.69, 9.17) is 4.74 Å². The average molecular weight is 578 g/mol. The van der Waals surface area contributed by atoms with Gasteiger partial charge in [-0.25, -0.2) is 18.7 Å². The molecule has 3 N–H and O–H groups in total. The summed E-state index contributed by atoms with van der Waals surface area (Å²) in [5.74, 6) is -1.90. The number of carboxylic acid groups (broad SMARTS) is 1. The van der Waals surface area contributed by atoms with Gasteiger partial charge in [-0.05, 0) is 68.1 Å². The number of alkyl carbamates (subject to hydrolysis) is 1. The van der Waals surface area contributed by atoms with E-state index in [1.807, 2.05) is 0 Å². The van der Waals surface area contributed by atoms with E-state index in [0.717, 1.165) is 9.58 Å². The van der Waals surface area contributed by atoms with Crippen molar-refractivity contribution in [1.82, 2.24) is 20.0 Å². The summed E-state index contributed by atoms with van der Waals surface area (Å²) in [5.41, 5.74) is -1.34. The van der Waals surface area contributed by atoms with Crippen LogP contribution in [0.4, 0.5) is 32.8 Å². The number of nitrogens with one attached hydrogen (secondary N) is 2. The van der Waals surface area contributed by atoms with Crippen LogP contribution in [0.3, 0.4) is 0 Å². The highest BCUT2D eigenvalue weighted by atomic mass is 19.4. The number of carbonyl (C=O) groups excluding carboxylic acids is 2. The Kier molecular flexibility index (Phi) is 7.95. The van der Waals surface area contributed by atoms with Crippen molar-refractivity contribution in [3.8, 4) is 5.69 Å². The van der Waals surface area contributed by atoms with Gasteiger partial charge in [0.25, 0.3) is 5.91 Å². The largest absolute Gasteiger partial charge is 0.465 e. The van der Waals surface area contributed by atoms with E-state index >= 15 is 0 Å². The number of fused-ring (bicyclic) bond motifs is 1. The van der Waals surface area contributed by atoms with E-state index in [1.54, 1.807) is 26.8 Å². The van der Waals surface area contributed by atoms with Crippen LogP contribution in [-0.2, 0) is 30.4 Å². The Morgan fingerprint density at radius 1 is 1.07 bits per heavy atom. The lowest BCUT2D eigenvalue weighted by Gasteiger charge is -2.27. The molecule has 1 aliphatic rings. The summed E-state index contributed by atoms with van der Waals surface area (Å²) in [6.45, 7) is 5.20. The van der Waals surface area contributed by atoms with Crippen molar-refractivity contribution >= 4 is 23.8 Å². The van der Waals surface area contributed by atoms with Gasteiger partial charge in [-0.15, -0.1) is 0 Å².